The summed E-state index contributed by atoms with van der Waals surface area (Å²) >= 11 is 0. The molecule has 0 saturated heterocycles. The molecule has 0 aliphatic heterocycles. The van der Waals surface area contributed by atoms with Crippen LogP contribution in [-0.4, -0.2) is 26.4 Å². The smallest absolute Gasteiger partial charge is 0.379 e. The van der Waals surface area contributed by atoms with Crippen LogP contribution >= 0.6 is 0 Å². The number of hydrogen-bond acceptors (Lipinski definition) is 2. The van der Waals surface area contributed by atoms with E-state index in [0.29, 0.717) is 0 Å². The Morgan fingerprint density at radius 2 is 2.06 bits per heavy atom. The molecule has 0 amide bonds. The molecular formula is C13H18F3NO. The summed E-state index contributed by atoms with van der Waals surface area (Å²) in [5.74, 6) is 0. The van der Waals surface area contributed by atoms with Gasteiger partial charge in [-0.1, -0.05) is 29.8 Å². The molecule has 0 heterocycles. The Hall–Kier alpha value is -1.07. The van der Waals surface area contributed by atoms with Crippen molar-refractivity contribution in [1.29, 1.82) is 0 Å². The molecule has 0 spiro atoms. The third-order valence-electron chi connectivity index (χ3n) is 2.61. The fraction of sp³-hybridized carbons (Fsp3) is 0.538. The monoisotopic (exact) mass is 261 g/mol. The van der Waals surface area contributed by atoms with Crippen LogP contribution in [0.25, 0.3) is 0 Å². The maximum atomic E-state index is 11.9. The van der Waals surface area contributed by atoms with Gasteiger partial charge < -0.3 is 10.1 Å². The van der Waals surface area contributed by atoms with Crippen molar-refractivity contribution in [2.45, 2.75) is 25.6 Å². The van der Waals surface area contributed by atoms with Crippen LogP contribution in [0.15, 0.2) is 24.3 Å². The second-order valence-corrected chi connectivity index (χ2v) is 4.20. The van der Waals surface area contributed by atoms with Gasteiger partial charge in [0.2, 0.25) is 0 Å². The van der Waals surface area contributed by atoms with Gasteiger partial charge >= 0.3 is 6.18 Å². The van der Waals surface area contributed by atoms with Gasteiger partial charge in [-0.25, -0.2) is 0 Å². The second-order valence-electron chi connectivity index (χ2n) is 4.20. The lowest BCUT2D eigenvalue weighted by Crippen LogP contribution is -2.23. The molecule has 1 N–H and O–H groups in total. The minimum atomic E-state index is -4.15. The van der Waals surface area contributed by atoms with Gasteiger partial charge in [-0.2, -0.15) is 13.2 Å². The van der Waals surface area contributed by atoms with Crippen molar-refractivity contribution in [2.75, 3.05) is 20.3 Å². The summed E-state index contributed by atoms with van der Waals surface area (Å²) in [7, 11) is 1.76. The average Bonchev–Trinajstić information content (AvgIpc) is 2.27. The summed E-state index contributed by atoms with van der Waals surface area (Å²) in [5.41, 5.74) is 2.13. The molecule has 1 unspecified atom stereocenters. The first-order valence-electron chi connectivity index (χ1n) is 5.80. The number of aryl methyl sites for hydroxylation is 1. The summed E-state index contributed by atoms with van der Waals surface area (Å²) in [6, 6.07) is 7.74. The molecule has 102 valence electrons. The van der Waals surface area contributed by atoms with Crippen molar-refractivity contribution in [3.8, 4) is 0 Å². The fourth-order valence-electron chi connectivity index (χ4n) is 1.62. The van der Waals surface area contributed by atoms with Crippen LogP contribution < -0.4 is 5.32 Å². The zero-order chi connectivity index (χ0) is 13.6. The fourth-order valence-corrected chi connectivity index (χ4v) is 1.62. The number of benzene rings is 1. The lowest BCUT2D eigenvalue weighted by atomic mass is 10.1. The first-order valence-corrected chi connectivity index (χ1v) is 5.80. The summed E-state index contributed by atoms with van der Waals surface area (Å²) in [5, 5.41) is 3.04. The minimum absolute atomic E-state index is 0.0851. The highest BCUT2D eigenvalue weighted by molar-refractivity contribution is 5.25. The van der Waals surface area contributed by atoms with Gasteiger partial charge in [0, 0.05) is 0 Å². The number of nitrogens with one attached hydrogen (secondary N) is 1. The Morgan fingerprint density at radius 1 is 1.33 bits per heavy atom. The Labute approximate surface area is 105 Å². The van der Waals surface area contributed by atoms with E-state index in [0.717, 1.165) is 11.1 Å². The molecule has 0 aliphatic carbocycles. The van der Waals surface area contributed by atoms with Gasteiger partial charge in [-0.05, 0) is 19.5 Å². The Morgan fingerprint density at radius 3 is 2.61 bits per heavy atom. The predicted octanol–water partition coefficient (Wildman–Crippen LogP) is 3.22. The Kier molecular flexibility index (Phi) is 5.62. The molecule has 1 aromatic carbocycles. The molecule has 5 heteroatoms. The van der Waals surface area contributed by atoms with Gasteiger partial charge in [0.15, 0.2) is 0 Å². The lowest BCUT2D eigenvalue weighted by molar-refractivity contribution is -0.145. The molecule has 1 atom stereocenters. The van der Waals surface area contributed by atoms with Crippen LogP contribution in [0.5, 0.6) is 0 Å². The molecule has 0 saturated carbocycles. The van der Waals surface area contributed by atoms with Crippen LogP contribution in [-0.2, 0) is 4.74 Å². The van der Waals surface area contributed by atoms with E-state index in [9.17, 15) is 13.2 Å². The molecule has 2 nitrogen and oxygen atoms in total. The number of halogens is 3. The number of likely N-dealkylation sites (N-methyl/N-ethyl adjacent to an activating group) is 1. The third kappa shape index (κ3) is 5.51. The van der Waals surface area contributed by atoms with Crippen LogP contribution in [0.1, 0.15) is 23.6 Å². The zero-order valence-electron chi connectivity index (χ0n) is 10.6. The average molecular weight is 261 g/mol. The zero-order valence-corrected chi connectivity index (χ0v) is 10.6. The van der Waals surface area contributed by atoms with Crippen LogP contribution in [0.4, 0.5) is 13.2 Å². The van der Waals surface area contributed by atoms with Crippen molar-refractivity contribution in [3.63, 3.8) is 0 Å². The third-order valence-corrected chi connectivity index (χ3v) is 2.61. The van der Waals surface area contributed by atoms with Gasteiger partial charge in [-0.15, -0.1) is 0 Å². The SMILES string of the molecule is CNC(COCCC(F)(F)F)c1cccc(C)c1. The van der Waals surface area contributed by atoms with Crippen LogP contribution in [0.3, 0.4) is 0 Å². The second kappa shape index (κ2) is 6.75. The topological polar surface area (TPSA) is 21.3 Å². The van der Waals surface area contributed by atoms with Gasteiger partial charge in [0.1, 0.15) is 0 Å². The van der Waals surface area contributed by atoms with Crippen molar-refractivity contribution in [2.24, 2.45) is 0 Å². The Bertz CT molecular complexity index is 365. The molecule has 0 bridgehead atoms. The van der Waals surface area contributed by atoms with Crippen molar-refractivity contribution in [1.82, 2.24) is 5.32 Å². The number of alkyl halides is 3. The van der Waals surface area contributed by atoms with Gasteiger partial charge in [-0.3, -0.25) is 0 Å². The van der Waals surface area contributed by atoms with E-state index in [4.69, 9.17) is 4.74 Å². The van der Waals surface area contributed by atoms with E-state index in [1.165, 1.54) is 0 Å². The number of rotatable bonds is 6. The van der Waals surface area contributed by atoms with Crippen LogP contribution in [0.2, 0.25) is 0 Å². The molecule has 18 heavy (non-hydrogen) atoms. The summed E-state index contributed by atoms with van der Waals surface area (Å²) in [4.78, 5) is 0. The van der Waals surface area contributed by atoms with Crippen molar-refractivity contribution >= 4 is 0 Å². The number of ether oxygens (including phenoxy) is 1. The highest BCUT2D eigenvalue weighted by atomic mass is 19.4. The maximum Gasteiger partial charge on any atom is 0.391 e. The molecule has 0 radical (unpaired) electrons. The maximum absolute atomic E-state index is 11.9. The first kappa shape index (κ1) is 15.0. The summed E-state index contributed by atoms with van der Waals surface area (Å²) in [6.45, 7) is 1.91. The van der Waals surface area contributed by atoms with Crippen LogP contribution in [0, 0.1) is 6.92 Å². The lowest BCUT2D eigenvalue weighted by Gasteiger charge is -2.17. The van der Waals surface area contributed by atoms with E-state index in [2.05, 4.69) is 5.32 Å². The van der Waals surface area contributed by atoms with Gasteiger partial charge in [0.05, 0.1) is 25.7 Å². The molecule has 1 aromatic rings. The Balaban J connectivity index is 2.43. The molecule has 0 aliphatic rings. The predicted molar refractivity (Wildman–Crippen MR) is 64.5 cm³/mol. The van der Waals surface area contributed by atoms with E-state index in [1.807, 2.05) is 31.2 Å². The minimum Gasteiger partial charge on any atom is -0.379 e. The highest BCUT2D eigenvalue weighted by Gasteiger charge is 2.26. The number of hydrogen-bond donors (Lipinski definition) is 1. The van der Waals surface area contributed by atoms with Crippen molar-refractivity contribution in [3.05, 3.63) is 35.4 Å². The molecular weight excluding hydrogens is 243 g/mol. The standard InChI is InChI=1S/C13H18F3NO/c1-10-4-3-5-11(8-10)12(17-2)9-18-7-6-13(14,15)16/h3-5,8,12,17H,6-7,9H2,1-2H3. The first-order chi connectivity index (χ1) is 8.42. The van der Waals surface area contributed by atoms with E-state index >= 15 is 0 Å². The molecule has 1 rings (SSSR count). The molecule has 0 aromatic heterocycles. The van der Waals surface area contributed by atoms with Gasteiger partial charge in [0.25, 0.3) is 0 Å². The van der Waals surface area contributed by atoms with E-state index in [-0.39, 0.29) is 19.3 Å². The summed E-state index contributed by atoms with van der Waals surface area (Å²) in [6.07, 6.45) is -5.06. The highest BCUT2D eigenvalue weighted by Crippen LogP contribution is 2.20. The van der Waals surface area contributed by atoms with E-state index in [1.54, 1.807) is 7.05 Å². The summed E-state index contributed by atoms with van der Waals surface area (Å²) < 4.78 is 40.9. The van der Waals surface area contributed by atoms with Crippen molar-refractivity contribution < 1.29 is 17.9 Å². The molecule has 0 fully saturated rings. The quantitative estimate of drug-likeness (QED) is 0.794. The van der Waals surface area contributed by atoms with E-state index < -0.39 is 12.6 Å². The normalized spacial score (nSPS) is 13.6. The largest absolute Gasteiger partial charge is 0.391 e.